The Balaban J connectivity index is 2.00. The van der Waals surface area contributed by atoms with Crippen LogP contribution in [-0.4, -0.2) is 21.4 Å². The highest BCUT2D eigenvalue weighted by molar-refractivity contribution is 6.31. The number of rotatable bonds is 4. The summed E-state index contributed by atoms with van der Waals surface area (Å²) in [5.41, 5.74) is 2.41. The number of Topliss-reactive ketones (excluding diaryl/α,β-unsaturated/α-hetero) is 1. The third-order valence-electron chi connectivity index (χ3n) is 5.31. The molecule has 2 heterocycles. The van der Waals surface area contributed by atoms with Crippen LogP contribution in [-0.2, 0) is 16.6 Å². The van der Waals surface area contributed by atoms with Gasteiger partial charge in [0.2, 0.25) is 0 Å². The second-order valence-electron chi connectivity index (χ2n) is 7.55. The molecule has 0 saturated carbocycles. The van der Waals surface area contributed by atoms with E-state index in [1.807, 2.05) is 42.1 Å². The van der Waals surface area contributed by atoms with Crippen LogP contribution in [0.1, 0.15) is 25.5 Å². The summed E-state index contributed by atoms with van der Waals surface area (Å²) < 4.78 is 1.96. The number of aryl methyl sites for hydroxylation is 1. The van der Waals surface area contributed by atoms with E-state index in [0.717, 1.165) is 16.5 Å². The molecule has 1 N–H and O–H groups in total. The van der Waals surface area contributed by atoms with Gasteiger partial charge in [0, 0.05) is 46.3 Å². The molecule has 1 atom stereocenters. The minimum Gasteiger partial charge on any atom is -0.503 e. The average Bonchev–Trinajstić information content (AvgIpc) is 3.16. The molecule has 29 heavy (non-hydrogen) atoms. The number of carbonyl (C=O) groups is 2. The first-order chi connectivity index (χ1) is 13.8. The molecule has 1 aliphatic rings. The Bertz CT molecular complexity index is 1180. The van der Waals surface area contributed by atoms with E-state index >= 15 is 0 Å². The quantitative estimate of drug-likeness (QED) is 0.663. The van der Waals surface area contributed by atoms with Gasteiger partial charge < -0.3 is 9.67 Å². The lowest BCUT2D eigenvalue weighted by Gasteiger charge is -2.27. The maximum Gasteiger partial charge on any atom is 0.294 e. The summed E-state index contributed by atoms with van der Waals surface area (Å²) in [4.78, 5) is 27.6. The van der Waals surface area contributed by atoms with Crippen LogP contribution in [0.3, 0.4) is 0 Å². The summed E-state index contributed by atoms with van der Waals surface area (Å²) >= 11 is 6.16. The van der Waals surface area contributed by atoms with Gasteiger partial charge in [0.1, 0.15) is 0 Å². The Kier molecular flexibility index (Phi) is 4.71. The van der Waals surface area contributed by atoms with Crippen molar-refractivity contribution in [2.24, 2.45) is 13.0 Å². The fourth-order valence-electron chi connectivity index (χ4n) is 3.95. The van der Waals surface area contributed by atoms with Gasteiger partial charge in [-0.3, -0.25) is 14.5 Å². The van der Waals surface area contributed by atoms with Gasteiger partial charge in [-0.25, -0.2) is 0 Å². The standard InChI is InChI=1S/C23H21ClN2O3/c1-13(2)21(27)19-20(17-12-25(3)18-10-5-4-9-16(17)18)26(23(29)22(19)28)15-8-6-7-14(24)11-15/h4-13,20,28H,1-3H3. The van der Waals surface area contributed by atoms with Crippen molar-refractivity contribution < 1.29 is 14.7 Å². The first kappa shape index (κ1) is 19.3. The predicted octanol–water partition coefficient (Wildman–Crippen LogP) is 4.96. The fraction of sp³-hybridized carbons (Fsp3) is 0.217. The Morgan fingerprint density at radius 3 is 2.55 bits per heavy atom. The number of aromatic nitrogens is 1. The van der Waals surface area contributed by atoms with E-state index in [-0.39, 0.29) is 17.3 Å². The minimum atomic E-state index is -0.734. The van der Waals surface area contributed by atoms with Crippen LogP contribution in [0, 0.1) is 5.92 Å². The van der Waals surface area contributed by atoms with E-state index in [1.54, 1.807) is 38.1 Å². The van der Waals surface area contributed by atoms with Gasteiger partial charge >= 0.3 is 0 Å². The molecule has 3 aromatic rings. The number of ketones is 1. The maximum absolute atomic E-state index is 13.1. The minimum absolute atomic E-state index is 0.126. The molecule has 1 unspecified atom stereocenters. The van der Waals surface area contributed by atoms with E-state index in [9.17, 15) is 14.7 Å². The monoisotopic (exact) mass is 408 g/mol. The van der Waals surface area contributed by atoms with Crippen LogP contribution in [0.4, 0.5) is 5.69 Å². The molecule has 0 radical (unpaired) electrons. The van der Waals surface area contributed by atoms with Gasteiger partial charge in [0.05, 0.1) is 11.6 Å². The number of para-hydroxylation sites is 1. The largest absolute Gasteiger partial charge is 0.503 e. The second-order valence-corrected chi connectivity index (χ2v) is 7.99. The van der Waals surface area contributed by atoms with Crippen molar-refractivity contribution in [3.8, 4) is 0 Å². The summed E-state index contributed by atoms with van der Waals surface area (Å²) in [5, 5.41) is 12.1. The molecule has 148 valence electrons. The lowest BCUT2D eigenvalue weighted by Crippen LogP contribution is -2.31. The first-order valence-electron chi connectivity index (χ1n) is 9.41. The van der Waals surface area contributed by atoms with E-state index in [4.69, 9.17) is 11.6 Å². The van der Waals surface area contributed by atoms with Gasteiger partial charge in [-0.05, 0) is 24.3 Å². The van der Waals surface area contributed by atoms with Crippen molar-refractivity contribution in [1.29, 1.82) is 0 Å². The Hall–Kier alpha value is -3.05. The molecular weight excluding hydrogens is 388 g/mol. The van der Waals surface area contributed by atoms with E-state index in [2.05, 4.69) is 0 Å². The molecule has 1 aliphatic heterocycles. The van der Waals surface area contributed by atoms with Crippen molar-refractivity contribution in [2.75, 3.05) is 4.90 Å². The van der Waals surface area contributed by atoms with Crippen LogP contribution in [0.15, 0.2) is 66.1 Å². The highest BCUT2D eigenvalue weighted by Gasteiger charge is 2.45. The van der Waals surface area contributed by atoms with Crippen LogP contribution in [0.25, 0.3) is 10.9 Å². The molecular formula is C23H21ClN2O3. The van der Waals surface area contributed by atoms with Crippen LogP contribution < -0.4 is 4.90 Å². The lowest BCUT2D eigenvalue weighted by atomic mass is 9.91. The number of anilines is 1. The molecule has 0 saturated heterocycles. The topological polar surface area (TPSA) is 62.5 Å². The summed E-state index contributed by atoms with van der Waals surface area (Å²) in [5.74, 6) is -1.72. The molecule has 1 amide bonds. The van der Waals surface area contributed by atoms with Crippen molar-refractivity contribution >= 4 is 39.9 Å². The predicted molar refractivity (Wildman–Crippen MR) is 114 cm³/mol. The molecule has 5 nitrogen and oxygen atoms in total. The van der Waals surface area contributed by atoms with Crippen molar-refractivity contribution in [3.05, 3.63) is 76.6 Å². The number of aliphatic hydroxyl groups excluding tert-OH is 1. The molecule has 6 heteroatoms. The zero-order valence-corrected chi connectivity index (χ0v) is 17.1. The smallest absolute Gasteiger partial charge is 0.294 e. The van der Waals surface area contributed by atoms with E-state index < -0.39 is 17.7 Å². The number of benzene rings is 2. The summed E-state index contributed by atoms with van der Waals surface area (Å²) in [6, 6.07) is 13.9. The fourth-order valence-corrected chi connectivity index (χ4v) is 4.13. The number of carbonyl (C=O) groups excluding carboxylic acids is 2. The Morgan fingerprint density at radius 2 is 1.86 bits per heavy atom. The molecule has 0 aliphatic carbocycles. The highest BCUT2D eigenvalue weighted by Crippen LogP contribution is 2.44. The molecule has 4 rings (SSSR count). The molecule has 0 spiro atoms. The third kappa shape index (κ3) is 3.02. The summed E-state index contributed by atoms with van der Waals surface area (Å²) in [6.07, 6.45) is 1.91. The average molecular weight is 409 g/mol. The van der Waals surface area contributed by atoms with Crippen molar-refractivity contribution in [3.63, 3.8) is 0 Å². The zero-order valence-electron chi connectivity index (χ0n) is 16.4. The van der Waals surface area contributed by atoms with Gasteiger partial charge in [-0.15, -0.1) is 0 Å². The second kappa shape index (κ2) is 7.08. The SMILES string of the molecule is CC(C)C(=O)C1=C(O)C(=O)N(c2cccc(Cl)c2)C1c1cn(C)c2ccccc12. The lowest BCUT2D eigenvalue weighted by molar-refractivity contribution is -0.119. The number of amides is 1. The van der Waals surface area contributed by atoms with Gasteiger partial charge in [0.25, 0.3) is 5.91 Å². The van der Waals surface area contributed by atoms with Crippen LogP contribution in [0.5, 0.6) is 0 Å². The number of aliphatic hydroxyl groups is 1. The Labute approximate surface area is 173 Å². The Morgan fingerprint density at radius 1 is 1.14 bits per heavy atom. The molecule has 0 fully saturated rings. The molecule has 0 bridgehead atoms. The summed E-state index contributed by atoms with van der Waals surface area (Å²) in [6.45, 7) is 3.52. The van der Waals surface area contributed by atoms with Gasteiger partial charge in [-0.1, -0.05) is 49.7 Å². The molecule has 2 aromatic carbocycles. The van der Waals surface area contributed by atoms with Crippen molar-refractivity contribution in [2.45, 2.75) is 19.9 Å². The first-order valence-corrected chi connectivity index (χ1v) is 9.79. The zero-order chi connectivity index (χ0) is 20.9. The van der Waals surface area contributed by atoms with Crippen LogP contribution in [0.2, 0.25) is 5.02 Å². The number of halogens is 1. The number of nitrogens with zero attached hydrogens (tertiary/aromatic N) is 2. The maximum atomic E-state index is 13.1. The number of fused-ring (bicyclic) bond motifs is 1. The molecule has 1 aromatic heterocycles. The number of hydrogen-bond donors (Lipinski definition) is 1. The van der Waals surface area contributed by atoms with E-state index in [0.29, 0.717) is 10.7 Å². The van der Waals surface area contributed by atoms with Crippen molar-refractivity contribution in [1.82, 2.24) is 4.57 Å². The number of hydrogen-bond acceptors (Lipinski definition) is 3. The highest BCUT2D eigenvalue weighted by atomic mass is 35.5. The third-order valence-corrected chi connectivity index (χ3v) is 5.54. The van der Waals surface area contributed by atoms with Gasteiger partial charge in [-0.2, -0.15) is 0 Å². The van der Waals surface area contributed by atoms with Gasteiger partial charge in [0.15, 0.2) is 11.5 Å². The summed E-state index contributed by atoms with van der Waals surface area (Å²) in [7, 11) is 1.92. The van der Waals surface area contributed by atoms with E-state index in [1.165, 1.54) is 4.90 Å². The normalized spacial score (nSPS) is 17.1. The van der Waals surface area contributed by atoms with Crippen LogP contribution >= 0.6 is 11.6 Å².